The molecule has 2 aromatic heterocycles. The first-order chi connectivity index (χ1) is 8.17. The third kappa shape index (κ3) is 1.84. The summed E-state index contributed by atoms with van der Waals surface area (Å²) in [6.45, 7) is 1.84. The lowest BCUT2D eigenvalue weighted by Gasteiger charge is -2.02. The second-order valence-corrected chi connectivity index (χ2v) is 3.63. The van der Waals surface area contributed by atoms with Gasteiger partial charge in [0.1, 0.15) is 5.52 Å². The highest BCUT2D eigenvalue weighted by atomic mass is 16.1. The molecule has 0 saturated heterocycles. The minimum atomic E-state index is -0.193. The highest BCUT2D eigenvalue weighted by molar-refractivity contribution is 6.08. The van der Waals surface area contributed by atoms with E-state index in [0.717, 1.165) is 5.56 Å². The van der Waals surface area contributed by atoms with Crippen molar-refractivity contribution in [1.29, 1.82) is 0 Å². The Balaban J connectivity index is 2.70. The molecule has 0 radical (unpaired) electrons. The highest BCUT2D eigenvalue weighted by Crippen LogP contribution is 2.09. The van der Waals surface area contributed by atoms with Crippen LogP contribution in [0.3, 0.4) is 0 Å². The van der Waals surface area contributed by atoms with Crippen molar-refractivity contribution < 1.29 is 0 Å². The molecule has 3 N–H and O–H groups in total. The molecule has 17 heavy (non-hydrogen) atoms. The molecule has 0 aliphatic rings. The molecule has 0 fully saturated rings. The van der Waals surface area contributed by atoms with Crippen LogP contribution in [0.1, 0.15) is 11.3 Å². The molecule has 6 heteroatoms. The number of rotatable bonds is 2. The van der Waals surface area contributed by atoms with Gasteiger partial charge in [-0.25, -0.2) is 4.52 Å². The Bertz CT molecular complexity index is 662. The molecule has 2 rings (SSSR count). The summed E-state index contributed by atoms with van der Waals surface area (Å²) >= 11 is 0. The van der Waals surface area contributed by atoms with Crippen LogP contribution in [-0.4, -0.2) is 27.9 Å². The van der Waals surface area contributed by atoms with E-state index in [4.69, 9.17) is 5.73 Å². The van der Waals surface area contributed by atoms with E-state index in [0.29, 0.717) is 16.8 Å². The van der Waals surface area contributed by atoms with Crippen molar-refractivity contribution in [3.05, 3.63) is 40.2 Å². The molecule has 2 heterocycles. The lowest BCUT2D eigenvalue weighted by Crippen LogP contribution is -2.14. The maximum atomic E-state index is 11.9. The number of aromatic amines is 1. The summed E-state index contributed by atoms with van der Waals surface area (Å²) < 4.78 is 1.54. The largest absolute Gasteiger partial charge is 0.404 e. The van der Waals surface area contributed by atoms with Crippen molar-refractivity contribution in [2.45, 2.75) is 6.92 Å². The lowest BCUT2D eigenvalue weighted by atomic mass is 10.2. The molecule has 0 aliphatic heterocycles. The van der Waals surface area contributed by atoms with Crippen molar-refractivity contribution in [2.24, 2.45) is 10.7 Å². The second kappa shape index (κ2) is 4.25. The summed E-state index contributed by atoms with van der Waals surface area (Å²) in [5, 5.41) is 4.10. The second-order valence-electron chi connectivity index (χ2n) is 3.63. The van der Waals surface area contributed by atoms with Gasteiger partial charge in [0.25, 0.3) is 5.56 Å². The average molecular weight is 231 g/mol. The number of aliphatic imine (C=N–C) groups is 1. The molecule has 0 aliphatic carbocycles. The Hall–Kier alpha value is -2.37. The number of aromatic nitrogens is 3. The van der Waals surface area contributed by atoms with Gasteiger partial charge in [0, 0.05) is 30.6 Å². The molecule has 0 unspecified atom stereocenters. The van der Waals surface area contributed by atoms with Crippen molar-refractivity contribution in [3.8, 4) is 0 Å². The van der Waals surface area contributed by atoms with Crippen molar-refractivity contribution in [1.82, 2.24) is 14.6 Å². The third-order valence-electron chi connectivity index (χ3n) is 2.45. The predicted molar refractivity (Wildman–Crippen MR) is 67.1 cm³/mol. The number of allylic oxidation sites excluding steroid dienone is 1. The number of nitrogens with one attached hydrogen (secondary N) is 1. The molecule has 2 aromatic rings. The molecular formula is C11H13N5O. The highest BCUT2D eigenvalue weighted by Gasteiger charge is 2.07. The number of H-pyrrole nitrogens is 1. The lowest BCUT2D eigenvalue weighted by molar-refractivity contribution is 0.929. The maximum absolute atomic E-state index is 11.9. The number of nitrogens with two attached hydrogens (primary N) is 1. The van der Waals surface area contributed by atoms with Crippen LogP contribution in [0.2, 0.25) is 0 Å². The fraction of sp³-hybridized carbons (Fsp3) is 0.182. The topological polar surface area (TPSA) is 88.5 Å². The van der Waals surface area contributed by atoms with E-state index in [2.05, 4.69) is 15.1 Å². The van der Waals surface area contributed by atoms with Gasteiger partial charge in [-0.2, -0.15) is 5.10 Å². The zero-order valence-corrected chi connectivity index (χ0v) is 9.64. The normalized spacial score (nSPS) is 12.7. The molecule has 88 valence electrons. The van der Waals surface area contributed by atoms with Gasteiger partial charge < -0.3 is 10.7 Å². The fourth-order valence-electron chi connectivity index (χ4n) is 1.65. The minimum Gasteiger partial charge on any atom is -0.404 e. The summed E-state index contributed by atoms with van der Waals surface area (Å²) in [4.78, 5) is 18.5. The fourth-order valence-corrected chi connectivity index (χ4v) is 1.65. The SMILES string of the molecule is CN=CC(=CN)c1cn2ncc(C)c2c(=O)[nH]1. The van der Waals surface area contributed by atoms with Gasteiger partial charge in [-0.05, 0) is 6.92 Å². The van der Waals surface area contributed by atoms with Gasteiger partial charge in [-0.1, -0.05) is 0 Å². The van der Waals surface area contributed by atoms with Crippen LogP contribution in [0, 0.1) is 6.92 Å². The van der Waals surface area contributed by atoms with Crippen LogP contribution in [-0.2, 0) is 0 Å². The van der Waals surface area contributed by atoms with Crippen LogP contribution in [0.4, 0.5) is 0 Å². The summed E-state index contributed by atoms with van der Waals surface area (Å²) in [5.74, 6) is 0. The van der Waals surface area contributed by atoms with Crippen LogP contribution in [0.5, 0.6) is 0 Å². The Morgan fingerprint density at radius 2 is 2.41 bits per heavy atom. The first-order valence-corrected chi connectivity index (χ1v) is 5.09. The quantitative estimate of drug-likeness (QED) is 0.730. The van der Waals surface area contributed by atoms with Crippen LogP contribution >= 0.6 is 0 Å². The van der Waals surface area contributed by atoms with Gasteiger partial charge in [-0.15, -0.1) is 0 Å². The van der Waals surface area contributed by atoms with Crippen LogP contribution in [0.25, 0.3) is 11.1 Å². The smallest absolute Gasteiger partial charge is 0.274 e. The van der Waals surface area contributed by atoms with Crippen LogP contribution in [0.15, 0.2) is 28.4 Å². The molecule has 0 amide bonds. The van der Waals surface area contributed by atoms with E-state index < -0.39 is 0 Å². The van der Waals surface area contributed by atoms with Crippen molar-refractivity contribution in [2.75, 3.05) is 7.05 Å². The Kier molecular flexibility index (Phi) is 2.78. The van der Waals surface area contributed by atoms with E-state index >= 15 is 0 Å². The number of hydrogen-bond acceptors (Lipinski definition) is 4. The van der Waals surface area contributed by atoms with E-state index in [1.54, 1.807) is 25.7 Å². The predicted octanol–water partition coefficient (Wildman–Crippen LogP) is 0.331. The van der Waals surface area contributed by atoms with Gasteiger partial charge in [0.2, 0.25) is 0 Å². The summed E-state index contributed by atoms with van der Waals surface area (Å²) in [6.07, 6.45) is 6.33. The van der Waals surface area contributed by atoms with Gasteiger partial charge in [0.05, 0.1) is 18.1 Å². The molecule has 0 saturated carbocycles. The standard InChI is InChI=1S/C11H13N5O/c1-7-4-14-16-6-9(8(3-12)5-13-2)15-11(17)10(7)16/h3-6H,12H2,1-2H3,(H,15,17). The Morgan fingerprint density at radius 1 is 1.65 bits per heavy atom. The molecule has 0 atom stereocenters. The number of fused-ring (bicyclic) bond motifs is 1. The molecule has 0 aromatic carbocycles. The summed E-state index contributed by atoms with van der Waals surface area (Å²) in [7, 11) is 1.64. The maximum Gasteiger partial charge on any atom is 0.274 e. The average Bonchev–Trinajstić information content (AvgIpc) is 2.68. The summed E-state index contributed by atoms with van der Waals surface area (Å²) in [6, 6.07) is 0. The number of aryl methyl sites for hydroxylation is 1. The van der Waals surface area contributed by atoms with Gasteiger partial charge in [-0.3, -0.25) is 9.79 Å². The minimum absolute atomic E-state index is 0.193. The molecule has 0 spiro atoms. The monoisotopic (exact) mass is 231 g/mol. The van der Waals surface area contributed by atoms with Crippen molar-refractivity contribution in [3.63, 3.8) is 0 Å². The third-order valence-corrected chi connectivity index (χ3v) is 2.45. The van der Waals surface area contributed by atoms with E-state index in [-0.39, 0.29) is 5.56 Å². The molecule has 6 nitrogen and oxygen atoms in total. The number of hydrogen-bond donors (Lipinski definition) is 2. The van der Waals surface area contributed by atoms with Crippen LogP contribution < -0.4 is 11.3 Å². The first-order valence-electron chi connectivity index (χ1n) is 5.09. The van der Waals surface area contributed by atoms with E-state index in [9.17, 15) is 4.79 Å². The zero-order valence-electron chi connectivity index (χ0n) is 9.64. The Morgan fingerprint density at radius 3 is 3.06 bits per heavy atom. The van der Waals surface area contributed by atoms with Crippen molar-refractivity contribution >= 4 is 17.3 Å². The number of nitrogens with zero attached hydrogens (tertiary/aromatic N) is 3. The molecule has 0 bridgehead atoms. The molecular weight excluding hydrogens is 218 g/mol. The first kappa shape index (κ1) is 11.1. The van der Waals surface area contributed by atoms with Gasteiger partial charge in [0.15, 0.2) is 0 Å². The Labute approximate surface area is 97.5 Å². The van der Waals surface area contributed by atoms with E-state index in [1.807, 2.05) is 6.92 Å². The zero-order chi connectivity index (χ0) is 12.4. The summed E-state index contributed by atoms with van der Waals surface area (Å²) in [5.41, 5.74) is 7.89. The van der Waals surface area contributed by atoms with E-state index in [1.165, 1.54) is 10.7 Å². The van der Waals surface area contributed by atoms with Gasteiger partial charge >= 0.3 is 0 Å².